The predicted molar refractivity (Wildman–Crippen MR) is 52.5 cm³/mol. The van der Waals surface area contributed by atoms with Gasteiger partial charge in [-0.05, 0) is 0 Å². The van der Waals surface area contributed by atoms with Crippen molar-refractivity contribution in [2.24, 2.45) is 0 Å². The van der Waals surface area contributed by atoms with Gasteiger partial charge in [0.15, 0.2) is 0 Å². The predicted octanol–water partition coefficient (Wildman–Crippen LogP) is 0.766. The molecule has 0 fully saturated rings. The van der Waals surface area contributed by atoms with Crippen LogP contribution >= 0.6 is 11.3 Å². The van der Waals surface area contributed by atoms with E-state index in [1.165, 1.54) is 11.3 Å². The zero-order chi connectivity index (χ0) is 10.6. The molecule has 0 aliphatic rings. The molecule has 1 aromatic heterocycles. The van der Waals surface area contributed by atoms with Crippen molar-refractivity contribution in [3.63, 3.8) is 0 Å². The molecule has 0 atom stereocenters. The Morgan fingerprint density at radius 2 is 2.21 bits per heavy atom. The average Bonchev–Trinajstić information content (AvgIpc) is 2.49. The molecule has 14 heavy (non-hydrogen) atoms. The van der Waals surface area contributed by atoms with Crippen LogP contribution in [0, 0.1) is 0 Å². The molecule has 0 aliphatic carbocycles. The fourth-order valence-corrected chi connectivity index (χ4v) is 1.99. The lowest BCUT2D eigenvalue weighted by Crippen LogP contribution is -2.01. The summed E-state index contributed by atoms with van der Waals surface area (Å²) in [4.78, 5) is 4.79. The molecule has 0 aromatic carbocycles. The fraction of sp³-hybridized carbons (Fsp3) is 0.571. The summed E-state index contributed by atoms with van der Waals surface area (Å²) in [7, 11) is -1.80. The molecule has 7 heteroatoms. The smallest absolute Gasteiger partial charge is 0.264 e. The van der Waals surface area contributed by atoms with Gasteiger partial charge in [0, 0.05) is 13.3 Å². The third kappa shape index (κ3) is 4.14. The van der Waals surface area contributed by atoms with Crippen LogP contribution in [0.15, 0.2) is 6.20 Å². The average molecular weight is 237 g/mol. The van der Waals surface area contributed by atoms with E-state index < -0.39 is 10.1 Å². The Hall–Kier alpha value is -0.500. The Labute approximate surface area is 86.8 Å². The molecule has 0 spiro atoms. The van der Waals surface area contributed by atoms with Crippen LogP contribution in [-0.2, 0) is 32.3 Å². The highest BCUT2D eigenvalue weighted by Gasteiger charge is 2.06. The van der Waals surface area contributed by atoms with Crippen LogP contribution in [0.5, 0.6) is 0 Å². The maximum Gasteiger partial charge on any atom is 0.264 e. The second kappa shape index (κ2) is 4.83. The highest BCUT2D eigenvalue weighted by atomic mass is 32.2. The van der Waals surface area contributed by atoms with Crippen molar-refractivity contribution in [2.45, 2.75) is 13.2 Å². The molecule has 0 radical (unpaired) electrons. The minimum atomic E-state index is -3.38. The molecule has 1 heterocycles. The maximum absolute atomic E-state index is 10.7. The summed E-state index contributed by atoms with van der Waals surface area (Å²) in [5.41, 5.74) is 0. The fourth-order valence-electron chi connectivity index (χ4n) is 0.770. The van der Waals surface area contributed by atoms with Crippen LogP contribution in [0.4, 0.5) is 0 Å². The van der Waals surface area contributed by atoms with Crippen molar-refractivity contribution in [1.29, 1.82) is 0 Å². The Morgan fingerprint density at radius 3 is 2.79 bits per heavy atom. The maximum atomic E-state index is 10.7. The topological polar surface area (TPSA) is 65.5 Å². The molecule has 0 amide bonds. The lowest BCUT2D eigenvalue weighted by molar-refractivity contribution is 0.184. The van der Waals surface area contributed by atoms with Gasteiger partial charge in [-0.25, -0.2) is 4.98 Å². The summed E-state index contributed by atoms with van der Waals surface area (Å²) in [5, 5.41) is 0.805. The van der Waals surface area contributed by atoms with Gasteiger partial charge in [-0.15, -0.1) is 11.3 Å². The van der Waals surface area contributed by atoms with Crippen LogP contribution in [0.25, 0.3) is 0 Å². The first kappa shape index (κ1) is 11.6. The Kier molecular flexibility index (Phi) is 3.99. The summed E-state index contributed by atoms with van der Waals surface area (Å²) >= 11 is 1.37. The number of thiazole rings is 1. The Balaban J connectivity index is 2.52. The third-order valence-electron chi connectivity index (χ3n) is 1.28. The Morgan fingerprint density at radius 1 is 1.50 bits per heavy atom. The number of ether oxygens (including phenoxy) is 1. The van der Waals surface area contributed by atoms with Crippen LogP contribution in [0.2, 0.25) is 0 Å². The summed E-state index contributed by atoms with van der Waals surface area (Å²) in [6.45, 7) is 0.476. The van der Waals surface area contributed by atoms with E-state index in [9.17, 15) is 8.42 Å². The molecule has 1 rings (SSSR count). The molecule has 0 aliphatic heterocycles. The second-order valence-electron chi connectivity index (χ2n) is 2.62. The van der Waals surface area contributed by atoms with E-state index in [1.54, 1.807) is 13.3 Å². The van der Waals surface area contributed by atoms with Crippen LogP contribution in [-0.4, -0.2) is 26.8 Å². The standard InChI is InChI=1S/C7H11NO4S2/c1-11-5-7-8-3-6(13-7)4-12-14(2,9)10/h3H,4-5H2,1-2H3. The van der Waals surface area contributed by atoms with E-state index in [2.05, 4.69) is 9.17 Å². The van der Waals surface area contributed by atoms with Gasteiger partial charge in [0.05, 0.1) is 17.7 Å². The second-order valence-corrected chi connectivity index (χ2v) is 5.46. The molecule has 0 unspecified atom stereocenters. The summed E-state index contributed by atoms with van der Waals surface area (Å²) in [5.74, 6) is 0. The molecule has 0 N–H and O–H groups in total. The van der Waals surface area contributed by atoms with Crippen LogP contribution in [0.3, 0.4) is 0 Å². The van der Waals surface area contributed by atoms with E-state index in [0.29, 0.717) is 6.61 Å². The van der Waals surface area contributed by atoms with E-state index in [0.717, 1.165) is 16.1 Å². The van der Waals surface area contributed by atoms with Crippen molar-refractivity contribution in [1.82, 2.24) is 4.98 Å². The molecule has 0 bridgehead atoms. The largest absolute Gasteiger partial charge is 0.378 e. The first-order chi connectivity index (χ1) is 6.51. The molecule has 1 aromatic rings. The van der Waals surface area contributed by atoms with Gasteiger partial charge in [0.1, 0.15) is 11.6 Å². The van der Waals surface area contributed by atoms with Crippen molar-refractivity contribution in [3.05, 3.63) is 16.1 Å². The lowest BCUT2D eigenvalue weighted by Gasteiger charge is -1.96. The molecule has 5 nitrogen and oxygen atoms in total. The number of rotatable bonds is 5. The number of nitrogens with zero attached hydrogens (tertiary/aromatic N) is 1. The molecule has 0 saturated heterocycles. The molecule has 80 valence electrons. The van der Waals surface area contributed by atoms with Gasteiger partial charge in [0.2, 0.25) is 0 Å². The van der Waals surface area contributed by atoms with Gasteiger partial charge in [0.25, 0.3) is 10.1 Å². The number of aromatic nitrogens is 1. The first-order valence-corrected chi connectivity index (χ1v) is 6.41. The van der Waals surface area contributed by atoms with Gasteiger partial charge in [-0.2, -0.15) is 8.42 Å². The van der Waals surface area contributed by atoms with E-state index in [1.807, 2.05) is 0 Å². The quantitative estimate of drug-likeness (QED) is 0.707. The van der Waals surface area contributed by atoms with E-state index >= 15 is 0 Å². The highest BCUT2D eigenvalue weighted by molar-refractivity contribution is 7.85. The van der Waals surface area contributed by atoms with Crippen molar-refractivity contribution >= 4 is 21.5 Å². The van der Waals surface area contributed by atoms with Gasteiger partial charge >= 0.3 is 0 Å². The monoisotopic (exact) mass is 237 g/mol. The lowest BCUT2D eigenvalue weighted by atomic mass is 10.6. The molecule has 0 saturated carbocycles. The number of hydrogen-bond acceptors (Lipinski definition) is 6. The summed E-state index contributed by atoms with van der Waals surface area (Å²) in [6.07, 6.45) is 2.61. The number of hydrogen-bond donors (Lipinski definition) is 0. The molecular weight excluding hydrogens is 226 g/mol. The minimum Gasteiger partial charge on any atom is -0.378 e. The first-order valence-electron chi connectivity index (χ1n) is 3.78. The Bertz CT molecular complexity index is 384. The number of methoxy groups -OCH3 is 1. The normalized spacial score (nSPS) is 11.9. The molecular formula is C7H11NO4S2. The van der Waals surface area contributed by atoms with Crippen molar-refractivity contribution in [3.8, 4) is 0 Å². The van der Waals surface area contributed by atoms with Gasteiger partial charge < -0.3 is 4.74 Å². The SMILES string of the molecule is COCc1ncc(COS(C)(=O)=O)s1. The minimum absolute atomic E-state index is 0.0419. The zero-order valence-corrected chi connectivity index (χ0v) is 9.52. The van der Waals surface area contributed by atoms with Crippen molar-refractivity contribution in [2.75, 3.05) is 13.4 Å². The van der Waals surface area contributed by atoms with Crippen molar-refractivity contribution < 1.29 is 17.3 Å². The van der Waals surface area contributed by atoms with Crippen LogP contribution in [0.1, 0.15) is 9.88 Å². The highest BCUT2D eigenvalue weighted by Crippen LogP contribution is 2.15. The zero-order valence-electron chi connectivity index (χ0n) is 7.89. The van der Waals surface area contributed by atoms with E-state index in [-0.39, 0.29) is 6.61 Å². The summed E-state index contributed by atoms with van der Waals surface area (Å²) in [6, 6.07) is 0. The van der Waals surface area contributed by atoms with E-state index in [4.69, 9.17) is 4.74 Å². The third-order valence-corrected chi connectivity index (χ3v) is 2.77. The van der Waals surface area contributed by atoms with Gasteiger partial charge in [-0.3, -0.25) is 4.18 Å². The van der Waals surface area contributed by atoms with Gasteiger partial charge in [-0.1, -0.05) is 0 Å². The van der Waals surface area contributed by atoms with Crippen LogP contribution < -0.4 is 0 Å². The summed E-state index contributed by atoms with van der Waals surface area (Å²) < 4.78 is 30.8.